The van der Waals surface area contributed by atoms with E-state index in [1.54, 1.807) is 17.2 Å². The fourth-order valence-corrected chi connectivity index (χ4v) is 2.02. The van der Waals surface area contributed by atoms with Gasteiger partial charge in [0.25, 0.3) is 5.56 Å². The second kappa shape index (κ2) is 6.70. The van der Waals surface area contributed by atoms with Crippen LogP contribution in [0.5, 0.6) is 0 Å². The highest BCUT2D eigenvalue weighted by Crippen LogP contribution is 2.06. The molecule has 1 N–H and O–H groups in total. The number of aliphatic hydroxyl groups is 1. The molecule has 6 heteroatoms. The van der Waals surface area contributed by atoms with Gasteiger partial charge in [-0.25, -0.2) is 0 Å². The van der Waals surface area contributed by atoms with Crippen LogP contribution in [-0.4, -0.2) is 39.7 Å². The monoisotopic (exact) mass is 316 g/mol. The number of carbonyl (C=O) groups excluding carboxylic acids is 1. The van der Waals surface area contributed by atoms with Crippen molar-refractivity contribution in [1.82, 2.24) is 9.47 Å². The Labute approximate surface area is 114 Å². The van der Waals surface area contributed by atoms with E-state index in [0.717, 1.165) is 4.47 Å². The fraction of sp³-hybridized carbons (Fsp3) is 0.500. The summed E-state index contributed by atoms with van der Waals surface area (Å²) in [6.45, 7) is 3.92. The second-order valence-electron chi connectivity index (χ2n) is 4.22. The molecule has 5 nitrogen and oxygen atoms in total. The van der Waals surface area contributed by atoms with Crippen molar-refractivity contribution in [2.45, 2.75) is 26.4 Å². The zero-order valence-corrected chi connectivity index (χ0v) is 12.1. The number of hydrogen-bond donors (Lipinski definition) is 1. The van der Waals surface area contributed by atoms with Gasteiger partial charge in [-0.3, -0.25) is 9.59 Å². The van der Waals surface area contributed by atoms with E-state index >= 15 is 0 Å². The highest BCUT2D eigenvalue weighted by atomic mass is 79.9. The molecule has 0 aliphatic rings. The second-order valence-corrected chi connectivity index (χ2v) is 5.13. The molecular weight excluding hydrogens is 300 g/mol. The predicted molar refractivity (Wildman–Crippen MR) is 72.3 cm³/mol. The van der Waals surface area contributed by atoms with Crippen molar-refractivity contribution in [3.05, 3.63) is 33.2 Å². The van der Waals surface area contributed by atoms with E-state index in [4.69, 9.17) is 5.11 Å². The van der Waals surface area contributed by atoms with E-state index in [-0.39, 0.29) is 37.2 Å². The van der Waals surface area contributed by atoms with Crippen molar-refractivity contribution in [3.63, 3.8) is 0 Å². The van der Waals surface area contributed by atoms with Gasteiger partial charge in [-0.2, -0.15) is 0 Å². The third-order valence-corrected chi connectivity index (χ3v) is 3.01. The Morgan fingerprint density at radius 3 is 2.72 bits per heavy atom. The average Bonchev–Trinajstić information content (AvgIpc) is 2.30. The van der Waals surface area contributed by atoms with Gasteiger partial charge in [-0.1, -0.05) is 0 Å². The van der Waals surface area contributed by atoms with E-state index in [0.29, 0.717) is 0 Å². The SMILES string of the molecule is CC(C)N(CCO)C(=O)Cn1cc(Br)ccc1=O. The average molecular weight is 317 g/mol. The minimum Gasteiger partial charge on any atom is -0.395 e. The van der Waals surface area contributed by atoms with Crippen molar-refractivity contribution in [2.24, 2.45) is 0 Å². The molecule has 1 rings (SSSR count). The van der Waals surface area contributed by atoms with Gasteiger partial charge in [0, 0.05) is 29.3 Å². The molecule has 100 valence electrons. The van der Waals surface area contributed by atoms with Crippen LogP contribution in [0.25, 0.3) is 0 Å². The van der Waals surface area contributed by atoms with Crippen LogP contribution < -0.4 is 5.56 Å². The first-order valence-corrected chi connectivity index (χ1v) is 6.51. The normalized spacial score (nSPS) is 10.7. The van der Waals surface area contributed by atoms with Gasteiger partial charge in [-0.05, 0) is 35.8 Å². The van der Waals surface area contributed by atoms with Crippen LogP contribution in [0.3, 0.4) is 0 Å². The van der Waals surface area contributed by atoms with Crippen LogP contribution in [0.1, 0.15) is 13.8 Å². The topological polar surface area (TPSA) is 62.5 Å². The number of amides is 1. The van der Waals surface area contributed by atoms with Gasteiger partial charge in [-0.15, -0.1) is 0 Å². The van der Waals surface area contributed by atoms with Crippen molar-refractivity contribution < 1.29 is 9.90 Å². The van der Waals surface area contributed by atoms with Gasteiger partial charge in [0.1, 0.15) is 6.54 Å². The lowest BCUT2D eigenvalue weighted by molar-refractivity contribution is -0.134. The molecule has 0 bridgehead atoms. The largest absolute Gasteiger partial charge is 0.395 e. The van der Waals surface area contributed by atoms with Gasteiger partial charge in [0.15, 0.2) is 0 Å². The van der Waals surface area contributed by atoms with Gasteiger partial charge < -0.3 is 14.6 Å². The number of rotatable bonds is 5. The molecule has 0 aromatic carbocycles. The summed E-state index contributed by atoms with van der Waals surface area (Å²) in [5.74, 6) is -0.181. The zero-order chi connectivity index (χ0) is 13.7. The summed E-state index contributed by atoms with van der Waals surface area (Å²) in [5.41, 5.74) is -0.223. The van der Waals surface area contributed by atoms with E-state index in [9.17, 15) is 9.59 Å². The lowest BCUT2D eigenvalue weighted by Crippen LogP contribution is -2.42. The third-order valence-electron chi connectivity index (χ3n) is 2.54. The quantitative estimate of drug-likeness (QED) is 0.875. The molecule has 0 atom stereocenters. The Morgan fingerprint density at radius 2 is 2.17 bits per heavy atom. The van der Waals surface area contributed by atoms with Crippen molar-refractivity contribution in [2.75, 3.05) is 13.2 Å². The molecule has 1 aromatic rings. The molecule has 0 aliphatic heterocycles. The van der Waals surface area contributed by atoms with Crippen molar-refractivity contribution in [1.29, 1.82) is 0 Å². The van der Waals surface area contributed by atoms with Crippen LogP contribution in [0.15, 0.2) is 27.6 Å². The first kappa shape index (κ1) is 14.9. The molecule has 0 spiro atoms. The maximum Gasteiger partial charge on any atom is 0.251 e. The molecule has 1 amide bonds. The maximum atomic E-state index is 12.0. The lowest BCUT2D eigenvalue weighted by Gasteiger charge is -2.26. The van der Waals surface area contributed by atoms with Crippen LogP contribution in [0.4, 0.5) is 0 Å². The minimum atomic E-state index is -0.223. The molecule has 0 saturated heterocycles. The summed E-state index contributed by atoms with van der Waals surface area (Å²) in [6, 6.07) is 3.04. The molecule has 0 radical (unpaired) electrons. The number of pyridine rings is 1. The summed E-state index contributed by atoms with van der Waals surface area (Å²) in [6.07, 6.45) is 1.58. The van der Waals surface area contributed by atoms with Crippen LogP contribution in [-0.2, 0) is 11.3 Å². The number of nitrogens with zero attached hydrogens (tertiary/aromatic N) is 2. The van der Waals surface area contributed by atoms with Crippen LogP contribution in [0, 0.1) is 0 Å². The van der Waals surface area contributed by atoms with E-state index in [2.05, 4.69) is 15.9 Å². The molecule has 1 aromatic heterocycles. The first-order valence-electron chi connectivity index (χ1n) is 5.72. The fourth-order valence-electron chi connectivity index (χ4n) is 1.64. The third kappa shape index (κ3) is 3.96. The highest BCUT2D eigenvalue weighted by Gasteiger charge is 2.16. The minimum absolute atomic E-state index is 0.00694. The standard InChI is InChI=1S/C12H17BrN2O3/c1-9(2)15(5-6-16)12(18)8-14-7-10(13)3-4-11(14)17/h3-4,7,9,16H,5-6,8H2,1-2H3. The summed E-state index contributed by atoms with van der Waals surface area (Å²) >= 11 is 3.26. The Bertz CT molecular complexity index is 471. The van der Waals surface area contributed by atoms with Crippen molar-refractivity contribution >= 4 is 21.8 Å². The first-order chi connectivity index (χ1) is 8.45. The number of aliphatic hydroxyl groups excluding tert-OH is 1. The van der Waals surface area contributed by atoms with Gasteiger partial charge in [0.05, 0.1) is 6.61 Å². The van der Waals surface area contributed by atoms with Crippen LogP contribution >= 0.6 is 15.9 Å². The Kier molecular flexibility index (Phi) is 5.55. The number of hydrogen-bond acceptors (Lipinski definition) is 3. The smallest absolute Gasteiger partial charge is 0.251 e. The molecule has 1 heterocycles. The van der Waals surface area contributed by atoms with Gasteiger partial charge >= 0.3 is 0 Å². The molecule has 0 unspecified atom stereocenters. The Balaban J connectivity index is 2.85. The summed E-state index contributed by atoms with van der Waals surface area (Å²) in [5, 5.41) is 8.93. The maximum absolute atomic E-state index is 12.0. The Morgan fingerprint density at radius 1 is 1.50 bits per heavy atom. The zero-order valence-electron chi connectivity index (χ0n) is 10.5. The molecule has 0 fully saturated rings. The summed E-state index contributed by atoms with van der Waals surface area (Å²) in [7, 11) is 0. The number of carbonyl (C=O) groups is 1. The summed E-state index contributed by atoms with van der Waals surface area (Å²) < 4.78 is 2.09. The van der Waals surface area contributed by atoms with E-state index in [1.807, 2.05) is 13.8 Å². The number of halogens is 1. The molecule has 18 heavy (non-hydrogen) atoms. The highest BCUT2D eigenvalue weighted by molar-refractivity contribution is 9.10. The predicted octanol–water partition coefficient (Wildman–Crippen LogP) is 0.840. The van der Waals surface area contributed by atoms with Crippen LogP contribution in [0.2, 0.25) is 0 Å². The van der Waals surface area contributed by atoms with Crippen molar-refractivity contribution in [3.8, 4) is 0 Å². The Hall–Kier alpha value is -1.14. The van der Waals surface area contributed by atoms with Gasteiger partial charge in [0.2, 0.25) is 5.91 Å². The molecule has 0 aliphatic carbocycles. The number of aromatic nitrogens is 1. The van der Waals surface area contributed by atoms with E-state index in [1.165, 1.54) is 10.6 Å². The van der Waals surface area contributed by atoms with E-state index < -0.39 is 0 Å². The lowest BCUT2D eigenvalue weighted by atomic mass is 10.3. The summed E-state index contributed by atoms with van der Waals surface area (Å²) in [4.78, 5) is 25.2. The molecular formula is C12H17BrN2O3. The molecule has 0 saturated carbocycles.